The Balaban J connectivity index is 1.57. The lowest BCUT2D eigenvalue weighted by molar-refractivity contribution is -0.120. The minimum absolute atomic E-state index is 0.0906. The molecule has 0 radical (unpaired) electrons. The van der Waals surface area contributed by atoms with Crippen molar-refractivity contribution in [2.45, 2.75) is 50.7 Å². The molecule has 0 spiro atoms. The summed E-state index contributed by atoms with van der Waals surface area (Å²) in [4.78, 5) is 11.4. The Morgan fingerprint density at radius 1 is 1.19 bits per heavy atom. The molecule has 92 valence electrons. The highest BCUT2D eigenvalue weighted by Gasteiger charge is 2.24. The van der Waals surface area contributed by atoms with E-state index in [1.807, 2.05) is 0 Å². The monoisotopic (exact) mass is 226 g/mol. The van der Waals surface area contributed by atoms with Gasteiger partial charge in [0.15, 0.2) is 0 Å². The molecule has 2 aliphatic carbocycles. The van der Waals surface area contributed by atoms with Gasteiger partial charge in [0.25, 0.3) is 0 Å². The number of aliphatic hydroxyl groups excluding tert-OH is 1. The average Bonchev–Trinajstić information content (AvgIpc) is 3.05. The Morgan fingerprint density at radius 3 is 2.62 bits per heavy atom. The van der Waals surface area contributed by atoms with Gasteiger partial charge in [-0.05, 0) is 31.6 Å². The Morgan fingerprint density at radius 2 is 1.94 bits per heavy atom. The van der Waals surface area contributed by atoms with Gasteiger partial charge in [-0.15, -0.1) is 0 Å². The fraction of sp³-hybridized carbons (Fsp3) is 0.917. The van der Waals surface area contributed by atoms with Crippen LogP contribution in [0.3, 0.4) is 0 Å². The highest BCUT2D eigenvalue weighted by Crippen LogP contribution is 2.23. The van der Waals surface area contributed by atoms with E-state index < -0.39 is 0 Å². The number of hydrogen-bond acceptors (Lipinski definition) is 3. The zero-order valence-corrected chi connectivity index (χ0v) is 9.74. The second-order valence-electron chi connectivity index (χ2n) is 5.08. The molecule has 2 aliphatic rings. The predicted octanol–water partition coefficient (Wildman–Crippen LogP) is 0.406. The summed E-state index contributed by atoms with van der Waals surface area (Å²) in [6.07, 6.45) is 6.43. The molecule has 0 heterocycles. The van der Waals surface area contributed by atoms with Crippen molar-refractivity contribution in [3.63, 3.8) is 0 Å². The molecule has 0 bridgehead atoms. The molecule has 2 unspecified atom stereocenters. The summed E-state index contributed by atoms with van der Waals surface area (Å²) in [5.41, 5.74) is 0. The van der Waals surface area contributed by atoms with Crippen molar-refractivity contribution in [3.8, 4) is 0 Å². The maximum Gasteiger partial charge on any atom is 0.234 e. The van der Waals surface area contributed by atoms with Gasteiger partial charge < -0.3 is 15.7 Å². The van der Waals surface area contributed by atoms with Crippen LogP contribution in [0.25, 0.3) is 0 Å². The van der Waals surface area contributed by atoms with E-state index in [0.29, 0.717) is 18.5 Å². The molecular formula is C12H22N2O2. The number of hydrogen-bond donors (Lipinski definition) is 3. The molecule has 0 saturated heterocycles. The molecule has 16 heavy (non-hydrogen) atoms. The van der Waals surface area contributed by atoms with Crippen LogP contribution in [0.15, 0.2) is 0 Å². The molecule has 0 aromatic heterocycles. The van der Waals surface area contributed by atoms with Crippen molar-refractivity contribution >= 4 is 5.91 Å². The van der Waals surface area contributed by atoms with E-state index in [4.69, 9.17) is 0 Å². The number of carbonyl (C=O) groups is 1. The van der Waals surface area contributed by atoms with Gasteiger partial charge in [-0.3, -0.25) is 4.79 Å². The molecule has 4 heteroatoms. The normalized spacial score (nSPS) is 30.1. The maximum absolute atomic E-state index is 11.4. The standard InChI is InChI=1S/C12H22N2O2/c15-11-4-2-1-3-9(11)7-13-8-12(16)14-10-5-6-10/h9-11,13,15H,1-8H2,(H,14,16). The van der Waals surface area contributed by atoms with E-state index in [1.165, 1.54) is 6.42 Å². The second kappa shape index (κ2) is 5.64. The lowest BCUT2D eigenvalue weighted by atomic mass is 9.86. The first kappa shape index (κ1) is 11.9. The number of carbonyl (C=O) groups excluding carboxylic acids is 1. The van der Waals surface area contributed by atoms with Crippen LogP contribution in [0.2, 0.25) is 0 Å². The number of aliphatic hydroxyl groups is 1. The van der Waals surface area contributed by atoms with Crippen molar-refractivity contribution in [2.24, 2.45) is 5.92 Å². The van der Waals surface area contributed by atoms with Crippen LogP contribution in [0.4, 0.5) is 0 Å². The van der Waals surface area contributed by atoms with Crippen LogP contribution in [-0.4, -0.2) is 36.2 Å². The van der Waals surface area contributed by atoms with E-state index in [9.17, 15) is 9.90 Å². The van der Waals surface area contributed by atoms with Gasteiger partial charge >= 0.3 is 0 Å². The van der Waals surface area contributed by atoms with Gasteiger partial charge in [-0.25, -0.2) is 0 Å². The summed E-state index contributed by atoms with van der Waals surface area (Å²) >= 11 is 0. The Labute approximate surface area is 96.8 Å². The van der Waals surface area contributed by atoms with E-state index >= 15 is 0 Å². The smallest absolute Gasteiger partial charge is 0.234 e. The lowest BCUT2D eigenvalue weighted by Crippen LogP contribution is -2.40. The minimum atomic E-state index is -0.173. The summed E-state index contributed by atoms with van der Waals surface area (Å²) in [6, 6.07) is 0.439. The Bertz CT molecular complexity index is 241. The molecule has 3 N–H and O–H groups in total. The first-order valence-corrected chi connectivity index (χ1v) is 6.44. The summed E-state index contributed by atoms with van der Waals surface area (Å²) in [5.74, 6) is 0.426. The van der Waals surface area contributed by atoms with Crippen LogP contribution in [0.1, 0.15) is 38.5 Å². The molecule has 2 rings (SSSR count). The second-order valence-corrected chi connectivity index (χ2v) is 5.08. The topological polar surface area (TPSA) is 61.4 Å². The van der Waals surface area contributed by atoms with E-state index in [2.05, 4.69) is 10.6 Å². The SMILES string of the molecule is O=C(CNCC1CCCCC1O)NC1CC1. The average molecular weight is 226 g/mol. The van der Waals surface area contributed by atoms with Crippen LogP contribution in [-0.2, 0) is 4.79 Å². The molecule has 0 aliphatic heterocycles. The molecule has 2 saturated carbocycles. The van der Waals surface area contributed by atoms with Crippen molar-refractivity contribution in [2.75, 3.05) is 13.1 Å². The molecule has 2 fully saturated rings. The van der Waals surface area contributed by atoms with Crippen LogP contribution < -0.4 is 10.6 Å². The van der Waals surface area contributed by atoms with Gasteiger partial charge in [0.05, 0.1) is 12.6 Å². The Kier molecular flexibility index (Phi) is 4.18. The first-order chi connectivity index (χ1) is 7.75. The van der Waals surface area contributed by atoms with Crippen LogP contribution >= 0.6 is 0 Å². The molecular weight excluding hydrogens is 204 g/mol. The minimum Gasteiger partial charge on any atom is -0.393 e. The summed E-state index contributed by atoms with van der Waals surface area (Å²) in [5, 5.41) is 15.8. The van der Waals surface area contributed by atoms with Gasteiger partial charge in [-0.1, -0.05) is 12.8 Å². The van der Waals surface area contributed by atoms with E-state index in [0.717, 1.165) is 38.6 Å². The van der Waals surface area contributed by atoms with Gasteiger partial charge in [0.1, 0.15) is 0 Å². The van der Waals surface area contributed by atoms with Gasteiger partial charge in [-0.2, -0.15) is 0 Å². The maximum atomic E-state index is 11.4. The quantitative estimate of drug-likeness (QED) is 0.636. The molecule has 0 aromatic rings. The van der Waals surface area contributed by atoms with Crippen LogP contribution in [0.5, 0.6) is 0 Å². The molecule has 0 aromatic carbocycles. The number of rotatable bonds is 5. The summed E-state index contributed by atoms with van der Waals surface area (Å²) in [6.45, 7) is 1.15. The zero-order chi connectivity index (χ0) is 11.4. The third-order valence-corrected chi connectivity index (χ3v) is 3.50. The van der Waals surface area contributed by atoms with Crippen molar-refractivity contribution < 1.29 is 9.90 Å². The molecule has 4 nitrogen and oxygen atoms in total. The fourth-order valence-electron chi connectivity index (χ4n) is 2.30. The first-order valence-electron chi connectivity index (χ1n) is 6.44. The largest absolute Gasteiger partial charge is 0.393 e. The Hall–Kier alpha value is -0.610. The predicted molar refractivity (Wildman–Crippen MR) is 62.0 cm³/mol. The highest BCUT2D eigenvalue weighted by atomic mass is 16.3. The van der Waals surface area contributed by atoms with E-state index in [-0.39, 0.29) is 12.0 Å². The summed E-state index contributed by atoms with van der Waals surface area (Å²) in [7, 11) is 0. The van der Waals surface area contributed by atoms with Crippen LogP contribution in [0, 0.1) is 5.92 Å². The van der Waals surface area contributed by atoms with Gasteiger partial charge in [0, 0.05) is 12.6 Å². The third kappa shape index (κ3) is 3.76. The van der Waals surface area contributed by atoms with E-state index in [1.54, 1.807) is 0 Å². The van der Waals surface area contributed by atoms with Gasteiger partial charge in [0.2, 0.25) is 5.91 Å². The van der Waals surface area contributed by atoms with Crippen molar-refractivity contribution in [1.82, 2.24) is 10.6 Å². The molecule has 1 amide bonds. The summed E-state index contributed by atoms with van der Waals surface area (Å²) < 4.78 is 0. The zero-order valence-electron chi connectivity index (χ0n) is 9.74. The van der Waals surface area contributed by atoms with Crippen molar-refractivity contribution in [3.05, 3.63) is 0 Å². The highest BCUT2D eigenvalue weighted by molar-refractivity contribution is 5.78. The van der Waals surface area contributed by atoms with Crippen molar-refractivity contribution in [1.29, 1.82) is 0 Å². The third-order valence-electron chi connectivity index (χ3n) is 3.50. The fourth-order valence-corrected chi connectivity index (χ4v) is 2.30. The number of nitrogens with one attached hydrogen (secondary N) is 2. The lowest BCUT2D eigenvalue weighted by Gasteiger charge is -2.27. The molecule has 2 atom stereocenters. The number of amides is 1.